The van der Waals surface area contributed by atoms with Crippen LogP contribution in [0.5, 0.6) is 0 Å². The fourth-order valence-electron chi connectivity index (χ4n) is 2.25. The van der Waals surface area contributed by atoms with E-state index >= 15 is 0 Å². The molecule has 21 heavy (non-hydrogen) atoms. The van der Waals surface area contributed by atoms with Crippen LogP contribution in [0.2, 0.25) is 0 Å². The summed E-state index contributed by atoms with van der Waals surface area (Å²) in [5.74, 6) is 3.99. The fraction of sp³-hybridized carbons (Fsp3) is 0.769. The molecule has 1 fully saturated rings. The molecule has 0 aromatic carbocycles. The number of rotatable bonds is 3. The minimum Gasteiger partial charge on any atom is -0.349 e. The zero-order valence-electron chi connectivity index (χ0n) is 13.2. The Morgan fingerprint density at radius 2 is 2.24 bits per heavy atom. The van der Waals surface area contributed by atoms with E-state index in [0.717, 1.165) is 30.7 Å². The number of thioether (sulfide) groups is 1. The van der Waals surface area contributed by atoms with E-state index < -0.39 is 0 Å². The number of aliphatic imine (C=N–C) groups is 1. The summed E-state index contributed by atoms with van der Waals surface area (Å²) in [6.45, 7) is 6.99. The normalized spacial score (nSPS) is 19.3. The second kappa shape index (κ2) is 8.82. The Morgan fingerprint density at radius 1 is 1.48 bits per heavy atom. The summed E-state index contributed by atoms with van der Waals surface area (Å²) < 4.78 is 2.00. The average Bonchev–Trinajstić information content (AvgIpc) is 2.80. The SMILES string of the molecule is CCC1CN(C(=NC)NCc2nnc(C)n2C)CCS1.I. The summed E-state index contributed by atoms with van der Waals surface area (Å²) in [6, 6.07) is 0. The first-order chi connectivity index (χ1) is 9.65. The highest BCUT2D eigenvalue weighted by Crippen LogP contribution is 2.21. The van der Waals surface area contributed by atoms with Gasteiger partial charge in [0.05, 0.1) is 6.54 Å². The molecule has 1 unspecified atom stereocenters. The Morgan fingerprint density at radius 3 is 2.81 bits per heavy atom. The van der Waals surface area contributed by atoms with Crippen molar-refractivity contribution in [1.82, 2.24) is 25.0 Å². The van der Waals surface area contributed by atoms with Gasteiger partial charge in [-0.25, -0.2) is 0 Å². The van der Waals surface area contributed by atoms with Crippen LogP contribution in [0, 0.1) is 6.92 Å². The average molecular weight is 424 g/mol. The van der Waals surface area contributed by atoms with Gasteiger partial charge in [0, 0.05) is 38.2 Å². The van der Waals surface area contributed by atoms with Crippen LogP contribution in [-0.4, -0.2) is 56.8 Å². The Hall–Kier alpha value is -0.510. The molecule has 0 saturated carbocycles. The van der Waals surface area contributed by atoms with Gasteiger partial charge < -0.3 is 14.8 Å². The van der Waals surface area contributed by atoms with Gasteiger partial charge in [0.25, 0.3) is 0 Å². The summed E-state index contributed by atoms with van der Waals surface area (Å²) in [4.78, 5) is 6.74. The Balaban J connectivity index is 0.00000220. The van der Waals surface area contributed by atoms with E-state index in [1.54, 1.807) is 0 Å². The zero-order chi connectivity index (χ0) is 14.5. The van der Waals surface area contributed by atoms with Crippen molar-refractivity contribution in [2.45, 2.75) is 32.1 Å². The first-order valence-electron chi connectivity index (χ1n) is 7.07. The zero-order valence-corrected chi connectivity index (χ0v) is 16.3. The maximum absolute atomic E-state index is 4.40. The number of hydrogen-bond donors (Lipinski definition) is 1. The third kappa shape index (κ3) is 4.73. The third-order valence-electron chi connectivity index (χ3n) is 3.69. The number of aryl methyl sites for hydroxylation is 1. The Bertz CT molecular complexity index is 475. The quantitative estimate of drug-likeness (QED) is 0.454. The molecular formula is C13H25IN6S. The molecule has 120 valence electrons. The lowest BCUT2D eigenvalue weighted by Crippen LogP contribution is -2.47. The predicted octanol–water partition coefficient (Wildman–Crippen LogP) is 1.64. The van der Waals surface area contributed by atoms with E-state index in [0.29, 0.717) is 11.8 Å². The molecule has 0 amide bonds. The van der Waals surface area contributed by atoms with Crippen molar-refractivity contribution in [2.75, 3.05) is 25.9 Å². The van der Waals surface area contributed by atoms with Crippen molar-refractivity contribution in [3.8, 4) is 0 Å². The van der Waals surface area contributed by atoms with Gasteiger partial charge in [-0.15, -0.1) is 34.2 Å². The molecule has 0 radical (unpaired) electrons. The minimum atomic E-state index is 0. The van der Waals surface area contributed by atoms with Gasteiger partial charge in [0.15, 0.2) is 11.8 Å². The largest absolute Gasteiger partial charge is 0.349 e. The van der Waals surface area contributed by atoms with E-state index in [4.69, 9.17) is 0 Å². The van der Waals surface area contributed by atoms with Crippen LogP contribution in [0.3, 0.4) is 0 Å². The van der Waals surface area contributed by atoms with E-state index in [1.165, 1.54) is 12.2 Å². The molecule has 0 spiro atoms. The van der Waals surface area contributed by atoms with Crippen LogP contribution < -0.4 is 5.32 Å². The lowest BCUT2D eigenvalue weighted by Gasteiger charge is -2.34. The highest BCUT2D eigenvalue weighted by Gasteiger charge is 2.21. The molecule has 2 rings (SSSR count). The maximum Gasteiger partial charge on any atom is 0.194 e. The molecule has 0 aliphatic carbocycles. The minimum absolute atomic E-state index is 0. The number of nitrogens with one attached hydrogen (secondary N) is 1. The molecule has 1 aliphatic rings. The number of guanidine groups is 1. The third-order valence-corrected chi connectivity index (χ3v) is 5.06. The highest BCUT2D eigenvalue weighted by molar-refractivity contribution is 14.0. The molecule has 1 aromatic rings. The van der Waals surface area contributed by atoms with Crippen molar-refractivity contribution in [3.63, 3.8) is 0 Å². The van der Waals surface area contributed by atoms with Gasteiger partial charge in [-0.2, -0.15) is 11.8 Å². The van der Waals surface area contributed by atoms with Crippen LogP contribution >= 0.6 is 35.7 Å². The molecule has 1 N–H and O–H groups in total. The van der Waals surface area contributed by atoms with Crippen molar-refractivity contribution >= 4 is 41.7 Å². The number of hydrogen-bond acceptors (Lipinski definition) is 4. The summed E-state index contributed by atoms with van der Waals surface area (Å²) in [7, 11) is 3.83. The summed E-state index contributed by atoms with van der Waals surface area (Å²) in [6.07, 6.45) is 1.21. The summed E-state index contributed by atoms with van der Waals surface area (Å²) in [5, 5.41) is 12.3. The van der Waals surface area contributed by atoms with Gasteiger partial charge in [0.2, 0.25) is 0 Å². The van der Waals surface area contributed by atoms with Crippen LogP contribution in [-0.2, 0) is 13.6 Å². The molecule has 1 aliphatic heterocycles. The first-order valence-corrected chi connectivity index (χ1v) is 8.12. The lowest BCUT2D eigenvalue weighted by molar-refractivity contribution is 0.407. The van der Waals surface area contributed by atoms with Gasteiger partial charge in [0.1, 0.15) is 5.82 Å². The van der Waals surface area contributed by atoms with Crippen LogP contribution in [0.15, 0.2) is 4.99 Å². The van der Waals surface area contributed by atoms with Crippen LogP contribution in [0.25, 0.3) is 0 Å². The predicted molar refractivity (Wildman–Crippen MR) is 99.5 cm³/mol. The number of halogens is 1. The monoisotopic (exact) mass is 424 g/mol. The van der Waals surface area contributed by atoms with E-state index in [9.17, 15) is 0 Å². The van der Waals surface area contributed by atoms with Crippen molar-refractivity contribution in [2.24, 2.45) is 12.0 Å². The second-order valence-corrected chi connectivity index (χ2v) is 6.38. The summed E-state index contributed by atoms with van der Waals surface area (Å²) >= 11 is 2.06. The second-order valence-electron chi connectivity index (χ2n) is 4.97. The topological polar surface area (TPSA) is 58.3 Å². The maximum atomic E-state index is 4.40. The van der Waals surface area contributed by atoms with Gasteiger partial charge in [-0.1, -0.05) is 6.92 Å². The van der Waals surface area contributed by atoms with E-state index in [-0.39, 0.29) is 24.0 Å². The van der Waals surface area contributed by atoms with Crippen LogP contribution in [0.4, 0.5) is 0 Å². The fourth-order valence-corrected chi connectivity index (χ4v) is 3.43. The van der Waals surface area contributed by atoms with Crippen molar-refractivity contribution in [1.29, 1.82) is 0 Å². The lowest BCUT2D eigenvalue weighted by atomic mass is 10.3. The number of nitrogens with zero attached hydrogens (tertiary/aromatic N) is 5. The van der Waals surface area contributed by atoms with Gasteiger partial charge in [-0.05, 0) is 13.3 Å². The smallest absolute Gasteiger partial charge is 0.194 e. The molecule has 2 heterocycles. The van der Waals surface area contributed by atoms with Crippen LogP contribution in [0.1, 0.15) is 25.0 Å². The van der Waals surface area contributed by atoms with Crippen molar-refractivity contribution < 1.29 is 0 Å². The van der Waals surface area contributed by atoms with E-state index in [1.807, 2.05) is 25.6 Å². The molecule has 1 saturated heterocycles. The molecule has 6 nitrogen and oxygen atoms in total. The molecule has 0 bridgehead atoms. The van der Waals surface area contributed by atoms with E-state index in [2.05, 4.69) is 44.1 Å². The summed E-state index contributed by atoms with van der Waals surface area (Å²) in [5.41, 5.74) is 0. The molecular weight excluding hydrogens is 399 g/mol. The molecule has 8 heteroatoms. The molecule has 1 aromatic heterocycles. The first kappa shape index (κ1) is 18.5. The standard InChI is InChI=1S/C13H24N6S.HI/c1-5-11-9-19(6-7-20-11)13(14-3)15-8-12-17-16-10(2)18(12)4;/h11H,5-9H2,1-4H3,(H,14,15);1H. The number of aromatic nitrogens is 3. The van der Waals surface area contributed by atoms with Gasteiger partial charge >= 0.3 is 0 Å². The Labute approximate surface area is 148 Å². The van der Waals surface area contributed by atoms with Gasteiger partial charge in [-0.3, -0.25) is 4.99 Å². The Kier molecular flexibility index (Phi) is 7.78. The molecule has 1 atom stereocenters. The highest BCUT2D eigenvalue weighted by atomic mass is 127. The van der Waals surface area contributed by atoms with Crippen molar-refractivity contribution in [3.05, 3.63) is 11.6 Å².